The van der Waals surface area contributed by atoms with Crippen molar-refractivity contribution in [2.24, 2.45) is 5.92 Å². The summed E-state index contributed by atoms with van der Waals surface area (Å²) in [6.07, 6.45) is 0.846. The largest absolute Gasteiger partial charge is 0.481 e. The Labute approximate surface area is 126 Å². The Morgan fingerprint density at radius 2 is 1.86 bits per heavy atom. The summed E-state index contributed by atoms with van der Waals surface area (Å²) in [6.45, 7) is 0.726. The molecule has 0 aliphatic carbocycles. The fraction of sp³-hybridized carbons (Fsp3) is 0.312. The third-order valence-corrected chi connectivity index (χ3v) is 4.12. The monoisotopic (exact) mass is 300 g/mol. The predicted octanol–water partition coefficient (Wildman–Crippen LogP) is 1.46. The van der Waals surface area contributed by atoms with Gasteiger partial charge in [0.25, 0.3) is 11.5 Å². The molecule has 1 amide bonds. The molecule has 0 atom stereocenters. The number of rotatable bonds is 2. The van der Waals surface area contributed by atoms with E-state index in [4.69, 9.17) is 5.11 Å². The molecule has 1 aromatic heterocycles. The predicted molar refractivity (Wildman–Crippen MR) is 80.8 cm³/mol. The summed E-state index contributed by atoms with van der Waals surface area (Å²) in [6, 6.07) is 8.87. The number of aromatic nitrogens is 1. The SMILES string of the molecule is O=C(O)C1CCN(C(=O)c2cc3ccccc3[nH]c2=O)CC1. The minimum absolute atomic E-state index is 0.104. The number of carboxylic acid groups (broad SMARTS) is 1. The molecule has 1 aromatic carbocycles. The number of aliphatic carboxylic acids is 1. The van der Waals surface area contributed by atoms with Crippen LogP contribution in [-0.4, -0.2) is 40.0 Å². The molecule has 2 N–H and O–H groups in total. The van der Waals surface area contributed by atoms with Gasteiger partial charge in [-0.05, 0) is 30.4 Å². The highest BCUT2D eigenvalue weighted by atomic mass is 16.4. The standard InChI is InChI=1S/C16H16N2O4/c19-14-12(9-11-3-1-2-4-13(11)17-14)15(20)18-7-5-10(6-8-18)16(21)22/h1-4,9-10H,5-8H2,(H,17,19)(H,21,22). The van der Waals surface area contributed by atoms with Gasteiger partial charge in [-0.1, -0.05) is 18.2 Å². The van der Waals surface area contributed by atoms with Crippen molar-refractivity contribution in [3.63, 3.8) is 0 Å². The van der Waals surface area contributed by atoms with Gasteiger partial charge in [-0.3, -0.25) is 14.4 Å². The van der Waals surface area contributed by atoms with E-state index in [1.807, 2.05) is 18.2 Å². The number of piperidine rings is 1. The fourth-order valence-corrected chi connectivity index (χ4v) is 2.81. The van der Waals surface area contributed by atoms with E-state index < -0.39 is 17.4 Å². The van der Waals surface area contributed by atoms with Crippen LogP contribution in [0.1, 0.15) is 23.2 Å². The number of nitrogens with zero attached hydrogens (tertiary/aromatic N) is 1. The Morgan fingerprint density at radius 1 is 1.18 bits per heavy atom. The summed E-state index contributed by atoms with van der Waals surface area (Å²) in [7, 11) is 0. The van der Waals surface area contributed by atoms with Crippen molar-refractivity contribution in [3.05, 3.63) is 46.2 Å². The first kappa shape index (κ1) is 14.3. The number of fused-ring (bicyclic) bond motifs is 1. The average Bonchev–Trinajstić information content (AvgIpc) is 2.53. The first-order chi connectivity index (χ1) is 10.6. The van der Waals surface area contributed by atoms with Crippen LogP contribution in [-0.2, 0) is 4.79 Å². The molecule has 6 nitrogen and oxygen atoms in total. The number of carbonyl (C=O) groups is 2. The number of amides is 1. The summed E-state index contributed by atoms with van der Waals surface area (Å²) < 4.78 is 0. The third-order valence-electron chi connectivity index (χ3n) is 4.12. The van der Waals surface area contributed by atoms with Gasteiger partial charge in [-0.2, -0.15) is 0 Å². The van der Waals surface area contributed by atoms with Crippen LogP contribution in [0, 0.1) is 5.92 Å². The molecular formula is C16H16N2O4. The molecule has 1 aliphatic heterocycles. The van der Waals surface area contributed by atoms with Gasteiger partial charge in [0.2, 0.25) is 0 Å². The van der Waals surface area contributed by atoms with Crippen molar-refractivity contribution in [1.82, 2.24) is 9.88 Å². The zero-order chi connectivity index (χ0) is 15.7. The van der Waals surface area contributed by atoms with E-state index in [9.17, 15) is 14.4 Å². The van der Waals surface area contributed by atoms with Crippen molar-refractivity contribution in [2.75, 3.05) is 13.1 Å². The molecule has 2 heterocycles. The van der Waals surface area contributed by atoms with E-state index in [1.165, 1.54) is 0 Å². The Kier molecular flexibility index (Phi) is 3.66. The summed E-state index contributed by atoms with van der Waals surface area (Å²) in [5, 5.41) is 9.78. The molecule has 1 saturated heterocycles. The van der Waals surface area contributed by atoms with Gasteiger partial charge in [-0.25, -0.2) is 0 Å². The third kappa shape index (κ3) is 2.59. The molecule has 6 heteroatoms. The zero-order valence-corrected chi connectivity index (χ0v) is 11.9. The molecule has 0 spiro atoms. The molecule has 2 aromatic rings. The van der Waals surface area contributed by atoms with Gasteiger partial charge < -0.3 is 15.0 Å². The van der Waals surface area contributed by atoms with Gasteiger partial charge in [0, 0.05) is 18.6 Å². The normalized spacial score (nSPS) is 15.9. The summed E-state index contributed by atoms with van der Waals surface area (Å²) >= 11 is 0. The number of nitrogens with one attached hydrogen (secondary N) is 1. The second kappa shape index (κ2) is 5.63. The Bertz CT molecular complexity index is 788. The minimum Gasteiger partial charge on any atom is -0.481 e. The van der Waals surface area contributed by atoms with Crippen molar-refractivity contribution >= 4 is 22.8 Å². The molecule has 114 valence electrons. The number of carboxylic acids is 1. The van der Waals surface area contributed by atoms with E-state index in [0.29, 0.717) is 31.4 Å². The number of aromatic amines is 1. The number of hydrogen-bond acceptors (Lipinski definition) is 3. The number of hydrogen-bond donors (Lipinski definition) is 2. The van der Waals surface area contributed by atoms with Crippen molar-refractivity contribution < 1.29 is 14.7 Å². The highest BCUT2D eigenvalue weighted by Gasteiger charge is 2.28. The zero-order valence-electron chi connectivity index (χ0n) is 11.9. The van der Waals surface area contributed by atoms with E-state index in [1.54, 1.807) is 17.0 Å². The lowest BCUT2D eigenvalue weighted by Gasteiger charge is -2.30. The first-order valence-electron chi connectivity index (χ1n) is 7.20. The van der Waals surface area contributed by atoms with Crippen LogP contribution < -0.4 is 5.56 Å². The number of benzene rings is 1. The number of para-hydroxylation sites is 1. The molecule has 3 rings (SSSR count). The van der Waals surface area contributed by atoms with E-state index in [0.717, 1.165) is 5.39 Å². The first-order valence-corrected chi connectivity index (χ1v) is 7.20. The number of carbonyl (C=O) groups excluding carboxylic acids is 1. The van der Waals surface area contributed by atoms with Crippen LogP contribution in [0.2, 0.25) is 0 Å². The van der Waals surface area contributed by atoms with Gasteiger partial charge in [0.1, 0.15) is 5.56 Å². The van der Waals surface area contributed by atoms with Crippen molar-refractivity contribution in [3.8, 4) is 0 Å². The fourth-order valence-electron chi connectivity index (χ4n) is 2.81. The lowest BCUT2D eigenvalue weighted by molar-refractivity contribution is -0.143. The van der Waals surface area contributed by atoms with Crippen LogP contribution >= 0.6 is 0 Å². The Balaban J connectivity index is 1.85. The molecule has 0 saturated carbocycles. The smallest absolute Gasteiger partial charge is 0.306 e. The quantitative estimate of drug-likeness (QED) is 0.878. The number of pyridine rings is 1. The van der Waals surface area contributed by atoms with Crippen LogP contribution in [0.15, 0.2) is 35.1 Å². The molecule has 1 aliphatic rings. The van der Waals surface area contributed by atoms with Crippen LogP contribution in [0.4, 0.5) is 0 Å². The van der Waals surface area contributed by atoms with Crippen LogP contribution in [0.25, 0.3) is 10.9 Å². The topological polar surface area (TPSA) is 90.5 Å². The lowest BCUT2D eigenvalue weighted by Crippen LogP contribution is -2.42. The van der Waals surface area contributed by atoms with Gasteiger partial charge in [0.15, 0.2) is 0 Å². The molecule has 0 unspecified atom stereocenters. The van der Waals surface area contributed by atoms with Crippen LogP contribution in [0.5, 0.6) is 0 Å². The summed E-state index contributed by atoms with van der Waals surface area (Å²) in [4.78, 5) is 39.8. The average molecular weight is 300 g/mol. The van der Waals surface area contributed by atoms with E-state index in [2.05, 4.69) is 4.98 Å². The molecule has 0 bridgehead atoms. The number of H-pyrrole nitrogens is 1. The Hall–Kier alpha value is -2.63. The van der Waals surface area contributed by atoms with Gasteiger partial charge in [-0.15, -0.1) is 0 Å². The van der Waals surface area contributed by atoms with Crippen LogP contribution in [0.3, 0.4) is 0 Å². The second-order valence-corrected chi connectivity index (χ2v) is 5.50. The lowest BCUT2D eigenvalue weighted by atomic mass is 9.96. The maximum Gasteiger partial charge on any atom is 0.306 e. The van der Waals surface area contributed by atoms with Gasteiger partial charge >= 0.3 is 5.97 Å². The van der Waals surface area contributed by atoms with E-state index >= 15 is 0 Å². The Morgan fingerprint density at radius 3 is 2.55 bits per heavy atom. The van der Waals surface area contributed by atoms with Crippen molar-refractivity contribution in [1.29, 1.82) is 0 Å². The van der Waals surface area contributed by atoms with Crippen molar-refractivity contribution in [2.45, 2.75) is 12.8 Å². The maximum atomic E-state index is 12.5. The number of likely N-dealkylation sites (tertiary alicyclic amines) is 1. The summed E-state index contributed by atoms with van der Waals surface area (Å²) in [5.41, 5.74) is 0.380. The molecule has 0 radical (unpaired) electrons. The molecular weight excluding hydrogens is 284 g/mol. The highest BCUT2D eigenvalue weighted by Crippen LogP contribution is 2.19. The molecule has 1 fully saturated rings. The van der Waals surface area contributed by atoms with E-state index in [-0.39, 0.29) is 11.5 Å². The second-order valence-electron chi connectivity index (χ2n) is 5.50. The highest BCUT2D eigenvalue weighted by molar-refractivity contribution is 5.97. The molecule has 22 heavy (non-hydrogen) atoms. The van der Waals surface area contributed by atoms with Gasteiger partial charge in [0.05, 0.1) is 5.92 Å². The maximum absolute atomic E-state index is 12.5. The minimum atomic E-state index is -0.823. The summed E-state index contributed by atoms with van der Waals surface area (Å²) in [5.74, 6) is -1.56.